The fraction of sp³-hybridized carbons (Fsp3) is 0.333. The van der Waals surface area contributed by atoms with Gasteiger partial charge in [-0.25, -0.2) is 0 Å². The minimum absolute atomic E-state index is 0.716. The zero-order valence-electron chi connectivity index (χ0n) is 4.68. The molecule has 1 radical (unpaired) electrons. The van der Waals surface area contributed by atoms with E-state index in [1.54, 1.807) is 18.4 Å². The molecule has 2 heteroatoms. The normalized spacial score (nSPS) is 9.62. The van der Waals surface area contributed by atoms with Gasteiger partial charge in [0.15, 0.2) is 0 Å². The molecule has 0 aliphatic rings. The average molecular weight is 127 g/mol. The fourth-order valence-corrected chi connectivity index (χ4v) is 1.09. The summed E-state index contributed by atoms with van der Waals surface area (Å²) in [4.78, 5) is 1.23. The van der Waals surface area contributed by atoms with E-state index in [1.165, 1.54) is 4.88 Å². The highest BCUT2D eigenvalue weighted by Gasteiger charge is 1.87. The van der Waals surface area contributed by atoms with E-state index in [2.05, 4.69) is 5.38 Å². The molecule has 0 amide bonds. The van der Waals surface area contributed by atoms with E-state index < -0.39 is 0 Å². The molecule has 43 valence electrons. The summed E-state index contributed by atoms with van der Waals surface area (Å²) in [6.45, 7) is 0.716. The van der Waals surface area contributed by atoms with Gasteiger partial charge < -0.3 is 4.74 Å². The van der Waals surface area contributed by atoms with Gasteiger partial charge in [0.25, 0.3) is 0 Å². The van der Waals surface area contributed by atoms with Crippen LogP contribution < -0.4 is 0 Å². The molecule has 0 fully saturated rings. The third-order valence-electron chi connectivity index (χ3n) is 0.814. The maximum Gasteiger partial charge on any atom is 0.0805 e. The van der Waals surface area contributed by atoms with Crippen molar-refractivity contribution in [3.8, 4) is 0 Å². The van der Waals surface area contributed by atoms with Gasteiger partial charge in [0.05, 0.1) is 6.61 Å². The first-order valence-electron chi connectivity index (χ1n) is 2.37. The molecule has 0 saturated carbocycles. The second-order valence-electron chi connectivity index (χ2n) is 1.45. The Bertz CT molecular complexity index is 134. The van der Waals surface area contributed by atoms with Gasteiger partial charge in [0.1, 0.15) is 0 Å². The molecule has 0 unspecified atom stereocenters. The van der Waals surface area contributed by atoms with E-state index >= 15 is 0 Å². The number of thiophene rings is 1. The summed E-state index contributed by atoms with van der Waals surface area (Å²) in [5.74, 6) is 0. The minimum atomic E-state index is 0.716. The quantitative estimate of drug-likeness (QED) is 0.587. The Labute approximate surface area is 52.9 Å². The number of rotatable bonds is 2. The highest BCUT2D eigenvalue weighted by atomic mass is 32.1. The standard InChI is InChI=1S/C6H7OS/c1-7-5-6-3-2-4-8-6/h2-3H,5H2,1H3. The molecule has 1 rings (SSSR count). The van der Waals surface area contributed by atoms with Crippen LogP contribution in [0.4, 0.5) is 0 Å². The maximum atomic E-state index is 4.88. The lowest BCUT2D eigenvalue weighted by atomic mass is 10.5. The lowest BCUT2D eigenvalue weighted by molar-refractivity contribution is 0.187. The fourth-order valence-electron chi connectivity index (χ4n) is 0.491. The lowest BCUT2D eigenvalue weighted by Crippen LogP contribution is -1.79. The van der Waals surface area contributed by atoms with E-state index in [0.717, 1.165) is 0 Å². The van der Waals surface area contributed by atoms with Crippen LogP contribution in [-0.2, 0) is 11.3 Å². The van der Waals surface area contributed by atoms with Gasteiger partial charge in [-0.3, -0.25) is 0 Å². The largest absolute Gasteiger partial charge is 0.379 e. The first kappa shape index (κ1) is 5.79. The number of hydrogen-bond acceptors (Lipinski definition) is 2. The number of ether oxygens (including phenoxy) is 1. The predicted molar refractivity (Wildman–Crippen MR) is 33.9 cm³/mol. The van der Waals surface area contributed by atoms with E-state index in [4.69, 9.17) is 4.74 Å². The van der Waals surface area contributed by atoms with Crippen molar-refractivity contribution in [3.63, 3.8) is 0 Å². The van der Waals surface area contributed by atoms with Gasteiger partial charge in [0.2, 0.25) is 0 Å². The summed E-state index contributed by atoms with van der Waals surface area (Å²) in [5.41, 5.74) is 0. The van der Waals surface area contributed by atoms with Crippen molar-refractivity contribution in [2.45, 2.75) is 6.61 Å². The Morgan fingerprint density at radius 2 is 2.75 bits per heavy atom. The van der Waals surface area contributed by atoms with Crippen LogP contribution in [0, 0.1) is 5.38 Å². The monoisotopic (exact) mass is 127 g/mol. The Morgan fingerprint density at radius 1 is 1.88 bits per heavy atom. The molecule has 1 heterocycles. The SMILES string of the molecule is COCc1cc[c]s1. The van der Waals surface area contributed by atoms with Crippen LogP contribution in [0.1, 0.15) is 4.88 Å². The van der Waals surface area contributed by atoms with Crippen LogP contribution in [0.2, 0.25) is 0 Å². The van der Waals surface area contributed by atoms with Gasteiger partial charge in [-0.05, 0) is 12.1 Å². The molecule has 1 aromatic heterocycles. The van der Waals surface area contributed by atoms with Gasteiger partial charge >= 0.3 is 0 Å². The van der Waals surface area contributed by atoms with Gasteiger partial charge in [0, 0.05) is 17.4 Å². The Kier molecular flexibility index (Phi) is 2.06. The van der Waals surface area contributed by atoms with Gasteiger partial charge in [-0.15, -0.1) is 11.3 Å². The Morgan fingerprint density at radius 3 is 3.25 bits per heavy atom. The lowest BCUT2D eigenvalue weighted by Gasteiger charge is -1.88. The predicted octanol–water partition coefficient (Wildman–Crippen LogP) is 1.69. The zero-order valence-corrected chi connectivity index (χ0v) is 5.49. The summed E-state index contributed by atoms with van der Waals surface area (Å²) in [7, 11) is 1.69. The third kappa shape index (κ3) is 1.32. The molecule has 0 aliphatic carbocycles. The van der Waals surface area contributed by atoms with Crippen LogP contribution in [0.5, 0.6) is 0 Å². The van der Waals surface area contributed by atoms with Crippen LogP contribution in [0.15, 0.2) is 12.1 Å². The molecule has 0 spiro atoms. The van der Waals surface area contributed by atoms with E-state index in [1.807, 2.05) is 12.1 Å². The molecule has 0 N–H and O–H groups in total. The second-order valence-corrected chi connectivity index (χ2v) is 2.42. The smallest absolute Gasteiger partial charge is 0.0805 e. The van der Waals surface area contributed by atoms with Crippen LogP contribution in [0.25, 0.3) is 0 Å². The van der Waals surface area contributed by atoms with Crippen LogP contribution in [-0.4, -0.2) is 7.11 Å². The van der Waals surface area contributed by atoms with E-state index in [9.17, 15) is 0 Å². The molecule has 0 aromatic carbocycles. The first-order chi connectivity index (χ1) is 3.93. The van der Waals surface area contributed by atoms with Crippen molar-refractivity contribution in [2.24, 2.45) is 0 Å². The van der Waals surface area contributed by atoms with Crippen LogP contribution >= 0.6 is 11.3 Å². The summed E-state index contributed by atoms with van der Waals surface area (Å²) < 4.78 is 4.88. The van der Waals surface area contributed by atoms with Crippen molar-refractivity contribution in [3.05, 3.63) is 22.4 Å². The summed E-state index contributed by atoms with van der Waals surface area (Å²) in [5, 5.41) is 2.98. The summed E-state index contributed by atoms with van der Waals surface area (Å²) in [6.07, 6.45) is 0. The van der Waals surface area contributed by atoms with Crippen molar-refractivity contribution in [2.75, 3.05) is 7.11 Å². The molecule has 1 nitrogen and oxygen atoms in total. The molecule has 1 aromatic rings. The Hall–Kier alpha value is -0.340. The molecular weight excluding hydrogens is 120 g/mol. The highest BCUT2D eigenvalue weighted by Crippen LogP contribution is 2.07. The van der Waals surface area contributed by atoms with Crippen molar-refractivity contribution in [1.82, 2.24) is 0 Å². The maximum absolute atomic E-state index is 4.88. The minimum Gasteiger partial charge on any atom is -0.379 e. The summed E-state index contributed by atoms with van der Waals surface area (Å²) >= 11 is 1.60. The number of hydrogen-bond donors (Lipinski definition) is 0. The molecular formula is C6H7OS. The first-order valence-corrected chi connectivity index (χ1v) is 3.19. The van der Waals surface area contributed by atoms with Crippen molar-refractivity contribution < 1.29 is 4.74 Å². The third-order valence-corrected chi connectivity index (χ3v) is 1.58. The zero-order chi connectivity index (χ0) is 5.82. The molecule has 0 bridgehead atoms. The average Bonchev–Trinajstić information content (AvgIpc) is 2.19. The molecule has 0 aliphatic heterocycles. The van der Waals surface area contributed by atoms with E-state index in [0.29, 0.717) is 6.61 Å². The van der Waals surface area contributed by atoms with Crippen molar-refractivity contribution in [1.29, 1.82) is 0 Å². The van der Waals surface area contributed by atoms with Crippen molar-refractivity contribution >= 4 is 11.3 Å². The highest BCUT2D eigenvalue weighted by molar-refractivity contribution is 7.09. The molecule has 0 atom stereocenters. The molecule has 0 saturated heterocycles. The summed E-state index contributed by atoms with van der Waals surface area (Å²) in [6, 6.07) is 3.91. The van der Waals surface area contributed by atoms with Gasteiger partial charge in [-0.2, -0.15) is 0 Å². The Balaban J connectivity index is 2.50. The van der Waals surface area contributed by atoms with Crippen LogP contribution in [0.3, 0.4) is 0 Å². The topological polar surface area (TPSA) is 9.23 Å². The van der Waals surface area contributed by atoms with E-state index in [-0.39, 0.29) is 0 Å². The van der Waals surface area contributed by atoms with Gasteiger partial charge in [-0.1, -0.05) is 0 Å². The molecule has 8 heavy (non-hydrogen) atoms. The second kappa shape index (κ2) is 2.84. The number of methoxy groups -OCH3 is 1.